The highest BCUT2D eigenvalue weighted by Gasteiger charge is 1.81. The smallest absolute Gasteiger partial charge is 0.140 e. The number of aliphatic hydroxyl groups is 4. The molecule has 0 aromatic rings. The van der Waals surface area contributed by atoms with Crippen molar-refractivity contribution in [1.82, 2.24) is 0 Å². The monoisotopic (exact) mass is 152 g/mol. The molecule has 0 amide bonds. The molecule has 0 radical (unpaired) electrons. The van der Waals surface area contributed by atoms with Gasteiger partial charge in [0.05, 0.1) is 0 Å². The van der Waals surface area contributed by atoms with Crippen molar-refractivity contribution in [1.29, 1.82) is 0 Å². The van der Waals surface area contributed by atoms with Gasteiger partial charge in [0.1, 0.15) is 6.79 Å². The second-order valence-electron chi connectivity index (χ2n) is 1.65. The van der Waals surface area contributed by atoms with E-state index in [9.17, 15) is 0 Å². The molecule has 0 aliphatic heterocycles. The lowest BCUT2D eigenvalue weighted by molar-refractivity contribution is 0.0773. The molecular weight excluding hydrogens is 136 g/mol. The van der Waals surface area contributed by atoms with Crippen LogP contribution in [0.15, 0.2) is 0 Å². The van der Waals surface area contributed by atoms with E-state index in [1.807, 2.05) is 0 Å². The third-order valence-corrected chi connectivity index (χ3v) is 0.816. The van der Waals surface area contributed by atoms with E-state index in [1.165, 1.54) is 0 Å². The van der Waals surface area contributed by atoms with E-state index in [-0.39, 0.29) is 13.2 Å². The van der Waals surface area contributed by atoms with E-state index >= 15 is 0 Å². The van der Waals surface area contributed by atoms with Gasteiger partial charge in [-0.15, -0.1) is 0 Å². The molecule has 0 fully saturated rings. The lowest BCUT2D eigenvalue weighted by Crippen LogP contribution is -1.85. The molecule has 0 saturated heterocycles. The Labute approximate surface area is 60.7 Å². The Morgan fingerprint density at radius 1 is 0.600 bits per heavy atom. The quantitative estimate of drug-likeness (QED) is 0.310. The summed E-state index contributed by atoms with van der Waals surface area (Å²) in [6.45, 7) is -0.250. The van der Waals surface area contributed by atoms with E-state index in [1.54, 1.807) is 0 Å². The van der Waals surface area contributed by atoms with Gasteiger partial charge in [-0.25, -0.2) is 0 Å². The normalized spacial score (nSPS) is 8.40. The van der Waals surface area contributed by atoms with Gasteiger partial charge >= 0.3 is 0 Å². The SMILES string of the molecule is OCCCCCO.OCO. The minimum absolute atomic E-state index is 0.250. The Hall–Kier alpha value is -0.160. The molecule has 0 aromatic heterocycles. The summed E-state index contributed by atoms with van der Waals surface area (Å²) in [6, 6.07) is 0. The highest BCUT2D eigenvalue weighted by atomic mass is 16.5. The molecule has 4 N–H and O–H groups in total. The van der Waals surface area contributed by atoms with Gasteiger partial charge in [-0.2, -0.15) is 0 Å². The van der Waals surface area contributed by atoms with Crippen LogP contribution in [-0.2, 0) is 0 Å². The summed E-state index contributed by atoms with van der Waals surface area (Å²) in [6.07, 6.45) is 2.58. The summed E-state index contributed by atoms with van der Waals surface area (Å²) in [4.78, 5) is 0. The van der Waals surface area contributed by atoms with Gasteiger partial charge in [-0.3, -0.25) is 0 Å². The molecule has 0 aliphatic rings. The van der Waals surface area contributed by atoms with Crippen molar-refractivity contribution in [3.63, 3.8) is 0 Å². The van der Waals surface area contributed by atoms with Crippen LogP contribution in [0.4, 0.5) is 0 Å². The zero-order valence-electron chi connectivity index (χ0n) is 6.03. The van der Waals surface area contributed by atoms with Crippen molar-refractivity contribution in [3.05, 3.63) is 0 Å². The van der Waals surface area contributed by atoms with Gasteiger partial charge < -0.3 is 20.4 Å². The first-order valence-electron chi connectivity index (χ1n) is 3.26. The molecule has 0 rings (SSSR count). The number of hydrogen-bond acceptors (Lipinski definition) is 4. The molecule has 10 heavy (non-hydrogen) atoms. The van der Waals surface area contributed by atoms with E-state index in [2.05, 4.69) is 0 Å². The second-order valence-corrected chi connectivity index (χ2v) is 1.65. The predicted octanol–water partition coefficient (Wildman–Crippen LogP) is -0.930. The first-order chi connectivity index (χ1) is 4.83. The largest absolute Gasteiger partial charge is 0.396 e. The average molecular weight is 152 g/mol. The molecule has 0 aromatic carbocycles. The molecular formula is C6H16O4. The van der Waals surface area contributed by atoms with Crippen molar-refractivity contribution in [2.24, 2.45) is 0 Å². The summed E-state index contributed by atoms with van der Waals surface area (Å²) in [5.41, 5.74) is 0. The third kappa shape index (κ3) is 24.9. The van der Waals surface area contributed by atoms with Crippen molar-refractivity contribution in [2.45, 2.75) is 19.3 Å². The second kappa shape index (κ2) is 15.9. The summed E-state index contributed by atoms with van der Waals surface area (Å²) in [5, 5.41) is 30.7. The fourth-order valence-corrected chi connectivity index (χ4v) is 0.400. The van der Waals surface area contributed by atoms with E-state index in [0.717, 1.165) is 19.3 Å². The van der Waals surface area contributed by atoms with Crippen LogP contribution in [0.5, 0.6) is 0 Å². The zero-order chi connectivity index (χ0) is 8.24. The molecule has 0 heterocycles. The lowest BCUT2D eigenvalue weighted by Gasteiger charge is -1.90. The van der Waals surface area contributed by atoms with E-state index in [4.69, 9.17) is 20.4 Å². The van der Waals surface area contributed by atoms with Crippen LogP contribution in [0.1, 0.15) is 19.3 Å². The van der Waals surface area contributed by atoms with Crippen LogP contribution < -0.4 is 0 Å². The lowest BCUT2D eigenvalue weighted by atomic mass is 10.2. The Morgan fingerprint density at radius 3 is 1.10 bits per heavy atom. The molecule has 4 nitrogen and oxygen atoms in total. The van der Waals surface area contributed by atoms with Crippen LogP contribution in [0.3, 0.4) is 0 Å². The molecule has 0 unspecified atom stereocenters. The highest BCUT2D eigenvalue weighted by Crippen LogP contribution is 1.90. The fourth-order valence-electron chi connectivity index (χ4n) is 0.400. The van der Waals surface area contributed by atoms with E-state index in [0.29, 0.717) is 0 Å². The highest BCUT2D eigenvalue weighted by molar-refractivity contribution is 4.35. The summed E-state index contributed by atoms with van der Waals surface area (Å²) in [5.74, 6) is 0. The first-order valence-corrected chi connectivity index (χ1v) is 3.26. The van der Waals surface area contributed by atoms with Crippen LogP contribution in [-0.4, -0.2) is 40.4 Å². The maximum Gasteiger partial charge on any atom is 0.140 e. The van der Waals surface area contributed by atoms with Gasteiger partial charge in [0.25, 0.3) is 0 Å². The Bertz CT molecular complexity index is 36.7. The van der Waals surface area contributed by atoms with E-state index < -0.39 is 6.79 Å². The standard InChI is InChI=1S/C5H12O2.CH4O2/c6-4-2-1-3-5-7;2-1-3/h6-7H,1-5H2;2-3H,1H2. The van der Waals surface area contributed by atoms with Crippen LogP contribution in [0, 0.1) is 0 Å². The molecule has 0 bridgehead atoms. The fraction of sp³-hybridized carbons (Fsp3) is 1.00. The molecule has 0 atom stereocenters. The van der Waals surface area contributed by atoms with Gasteiger partial charge in [-0.1, -0.05) is 0 Å². The number of rotatable bonds is 4. The van der Waals surface area contributed by atoms with Gasteiger partial charge in [0, 0.05) is 13.2 Å². The Balaban J connectivity index is 0. The topological polar surface area (TPSA) is 80.9 Å². The van der Waals surface area contributed by atoms with Crippen LogP contribution in [0.2, 0.25) is 0 Å². The van der Waals surface area contributed by atoms with Gasteiger partial charge in [-0.05, 0) is 19.3 Å². The average Bonchev–Trinajstić information content (AvgIpc) is 1.91. The molecule has 4 heteroatoms. The summed E-state index contributed by atoms with van der Waals surface area (Å²) >= 11 is 0. The maximum atomic E-state index is 8.21. The van der Waals surface area contributed by atoms with Gasteiger partial charge in [0.2, 0.25) is 0 Å². The van der Waals surface area contributed by atoms with Crippen molar-refractivity contribution in [2.75, 3.05) is 20.0 Å². The number of aliphatic hydroxyl groups excluding tert-OH is 3. The van der Waals surface area contributed by atoms with Crippen molar-refractivity contribution >= 4 is 0 Å². The van der Waals surface area contributed by atoms with Gasteiger partial charge in [0.15, 0.2) is 0 Å². The van der Waals surface area contributed by atoms with Crippen LogP contribution >= 0.6 is 0 Å². The maximum absolute atomic E-state index is 8.21. The van der Waals surface area contributed by atoms with Crippen LogP contribution in [0.25, 0.3) is 0 Å². The third-order valence-electron chi connectivity index (χ3n) is 0.816. The number of hydrogen-bond donors (Lipinski definition) is 4. The first kappa shape index (κ1) is 12.5. The minimum atomic E-state index is -0.750. The molecule has 64 valence electrons. The number of unbranched alkanes of at least 4 members (excludes halogenated alkanes) is 2. The Morgan fingerprint density at radius 2 is 0.900 bits per heavy atom. The Kier molecular flexibility index (Phi) is 19.9. The zero-order valence-corrected chi connectivity index (χ0v) is 6.03. The summed E-state index contributed by atoms with van der Waals surface area (Å²) in [7, 11) is 0. The molecule has 0 spiro atoms. The predicted molar refractivity (Wildman–Crippen MR) is 37.3 cm³/mol. The minimum Gasteiger partial charge on any atom is -0.396 e. The summed E-state index contributed by atoms with van der Waals surface area (Å²) < 4.78 is 0. The molecule has 0 saturated carbocycles. The van der Waals surface area contributed by atoms with Crippen molar-refractivity contribution < 1.29 is 20.4 Å². The molecule has 0 aliphatic carbocycles. The van der Waals surface area contributed by atoms with Crippen molar-refractivity contribution in [3.8, 4) is 0 Å².